The summed E-state index contributed by atoms with van der Waals surface area (Å²) in [6.45, 7) is 6.54. The first-order valence-corrected chi connectivity index (χ1v) is 14.8. The molecule has 0 saturated carbocycles. The van der Waals surface area contributed by atoms with E-state index in [9.17, 15) is 19.5 Å². The number of pyridine rings is 1. The molecule has 9 nitrogen and oxygen atoms in total. The number of aromatic hydroxyl groups is 1. The molecule has 0 spiro atoms. The average molecular weight is 580 g/mol. The molecule has 2 N–H and O–H groups in total. The van der Waals surface area contributed by atoms with Crippen LogP contribution in [0.5, 0.6) is 5.88 Å². The Bertz CT molecular complexity index is 1740. The second-order valence-electron chi connectivity index (χ2n) is 11.0. The van der Waals surface area contributed by atoms with Crippen molar-refractivity contribution < 1.29 is 9.90 Å². The van der Waals surface area contributed by atoms with E-state index in [-0.39, 0.29) is 35.7 Å². The van der Waals surface area contributed by atoms with Gasteiger partial charge in [0.2, 0.25) is 5.88 Å². The number of aliphatic imine (C=N–C) groups is 1. The van der Waals surface area contributed by atoms with Gasteiger partial charge >= 0.3 is 5.69 Å². The second-order valence-corrected chi connectivity index (χ2v) is 11.0. The lowest BCUT2D eigenvalue weighted by molar-refractivity contribution is 0.0601. The van der Waals surface area contributed by atoms with Gasteiger partial charge in [0.05, 0.1) is 17.4 Å². The Hall–Kier alpha value is -4.79. The number of H-pyrrole nitrogens is 1. The van der Waals surface area contributed by atoms with Gasteiger partial charge in [-0.05, 0) is 56.2 Å². The molecule has 0 bridgehead atoms. The topological polar surface area (TPSA) is 121 Å². The van der Waals surface area contributed by atoms with Gasteiger partial charge in [-0.25, -0.2) is 9.36 Å². The highest BCUT2D eigenvalue weighted by Gasteiger charge is 2.40. The number of aromatic amines is 1. The predicted molar refractivity (Wildman–Crippen MR) is 167 cm³/mol. The van der Waals surface area contributed by atoms with E-state index in [0.717, 1.165) is 47.1 Å². The second kappa shape index (κ2) is 13.0. The molecule has 2 aromatic heterocycles. The monoisotopic (exact) mass is 579 g/mol. The minimum absolute atomic E-state index is 0.0287. The predicted octanol–water partition coefficient (Wildman–Crippen LogP) is 5.31. The molecule has 43 heavy (non-hydrogen) atoms. The molecular formula is C34H37N5O4. The first-order valence-electron chi connectivity index (χ1n) is 14.8. The van der Waals surface area contributed by atoms with Crippen LogP contribution in [0.2, 0.25) is 0 Å². The quantitative estimate of drug-likeness (QED) is 0.195. The molecule has 0 aliphatic carbocycles. The zero-order chi connectivity index (χ0) is 30.5. The van der Waals surface area contributed by atoms with E-state index < -0.39 is 17.1 Å². The molecule has 0 radical (unpaired) electrons. The molecule has 0 fully saturated rings. The summed E-state index contributed by atoms with van der Waals surface area (Å²) in [5.41, 5.74) is 2.44. The van der Waals surface area contributed by atoms with Crippen molar-refractivity contribution in [2.75, 3.05) is 13.1 Å². The summed E-state index contributed by atoms with van der Waals surface area (Å²) in [5.74, 6) is -0.759. The number of benzene rings is 2. The first kappa shape index (κ1) is 29.7. The molecule has 0 unspecified atom stereocenters. The number of aromatic nitrogens is 3. The Balaban J connectivity index is 1.57. The summed E-state index contributed by atoms with van der Waals surface area (Å²) >= 11 is 0. The molecule has 4 aromatic rings. The highest BCUT2D eigenvalue weighted by Crippen LogP contribution is 2.42. The van der Waals surface area contributed by atoms with E-state index in [4.69, 9.17) is 4.99 Å². The highest BCUT2D eigenvalue weighted by molar-refractivity contribution is 6.00. The molecule has 3 heterocycles. The summed E-state index contributed by atoms with van der Waals surface area (Å²) in [4.78, 5) is 53.2. The van der Waals surface area contributed by atoms with Gasteiger partial charge in [0.1, 0.15) is 5.56 Å². The summed E-state index contributed by atoms with van der Waals surface area (Å²) in [6.07, 6.45) is 5.83. The maximum Gasteiger partial charge on any atom is 0.335 e. The maximum absolute atomic E-state index is 13.8. The fraction of sp³-hybridized carbons (Fsp3) is 0.324. The van der Waals surface area contributed by atoms with E-state index in [1.165, 1.54) is 0 Å². The third-order valence-corrected chi connectivity index (χ3v) is 8.08. The van der Waals surface area contributed by atoms with E-state index in [1.54, 1.807) is 25.3 Å². The zero-order valence-corrected chi connectivity index (χ0v) is 24.8. The molecule has 2 atom stereocenters. The number of nitrogens with zero attached hydrogens (tertiary/aromatic N) is 4. The van der Waals surface area contributed by atoms with Crippen LogP contribution in [0.4, 0.5) is 0 Å². The minimum atomic E-state index is -0.739. The molecule has 0 saturated heterocycles. The van der Waals surface area contributed by atoms with Gasteiger partial charge in [-0.1, -0.05) is 68.1 Å². The number of carbonyl (C=O) groups excluding carboxylic acids is 1. The Morgan fingerprint density at radius 1 is 0.977 bits per heavy atom. The van der Waals surface area contributed by atoms with Gasteiger partial charge in [-0.2, -0.15) is 0 Å². The van der Waals surface area contributed by atoms with Crippen molar-refractivity contribution in [3.05, 3.63) is 122 Å². The Kier molecular flexibility index (Phi) is 8.99. The van der Waals surface area contributed by atoms with Gasteiger partial charge in [0.25, 0.3) is 11.5 Å². The van der Waals surface area contributed by atoms with E-state index in [2.05, 4.69) is 16.9 Å². The van der Waals surface area contributed by atoms with Crippen LogP contribution in [0.15, 0.2) is 87.5 Å². The lowest BCUT2D eigenvalue weighted by atomic mass is 9.81. The SMILES string of the molecule is CCCCCCN1C(=O)c2ccccc2[C@@H](CN=C(C)c2c(O)n(-c3ccc(C)cc3)c(=O)[nH]c2=O)[C@@H]1c1ccccn1. The van der Waals surface area contributed by atoms with Crippen molar-refractivity contribution >= 4 is 11.6 Å². The number of unbranched alkanes of at least 4 members (excludes halogenated alkanes) is 3. The van der Waals surface area contributed by atoms with Gasteiger partial charge in [-0.15, -0.1) is 0 Å². The standard InChI is InChI=1S/C34H37N5O4/c1-4-5-6-11-20-38-30(28-14-9-10-19-35-28)27(25-12-7-8-13-26(25)32(38)41)21-36-23(3)29-31(40)37-34(43)39(33(29)42)24-17-15-22(2)16-18-24/h7-10,12-19,27,30,42H,4-6,11,20-21H2,1-3H3,(H,37,40,43)/t27-,30-/m1/s1. The highest BCUT2D eigenvalue weighted by atomic mass is 16.3. The van der Waals surface area contributed by atoms with Crippen molar-refractivity contribution in [2.24, 2.45) is 4.99 Å². The van der Waals surface area contributed by atoms with Gasteiger partial charge in [-0.3, -0.25) is 24.5 Å². The number of rotatable bonds is 10. The van der Waals surface area contributed by atoms with E-state index in [0.29, 0.717) is 17.8 Å². The van der Waals surface area contributed by atoms with Crippen LogP contribution in [-0.4, -0.2) is 49.2 Å². The van der Waals surface area contributed by atoms with Crippen LogP contribution in [0.1, 0.15) is 84.2 Å². The lowest BCUT2D eigenvalue weighted by Gasteiger charge is -2.41. The number of hydrogen-bond acceptors (Lipinski definition) is 6. The van der Waals surface area contributed by atoms with Crippen LogP contribution in [-0.2, 0) is 0 Å². The number of fused-ring (bicyclic) bond motifs is 1. The number of nitrogens with one attached hydrogen (secondary N) is 1. The number of aryl methyl sites for hydroxylation is 1. The van der Waals surface area contributed by atoms with Crippen LogP contribution in [0, 0.1) is 6.92 Å². The molecule has 5 rings (SSSR count). The van der Waals surface area contributed by atoms with Crippen LogP contribution >= 0.6 is 0 Å². The van der Waals surface area contributed by atoms with Crippen molar-refractivity contribution in [1.29, 1.82) is 0 Å². The first-order chi connectivity index (χ1) is 20.8. The molecule has 1 aliphatic heterocycles. The van der Waals surface area contributed by atoms with Crippen LogP contribution in [0.3, 0.4) is 0 Å². The van der Waals surface area contributed by atoms with E-state index >= 15 is 0 Å². The number of carbonyl (C=O) groups is 1. The third kappa shape index (κ3) is 6.07. The molecule has 1 aliphatic rings. The fourth-order valence-electron chi connectivity index (χ4n) is 5.85. The Morgan fingerprint density at radius 3 is 2.44 bits per heavy atom. The van der Waals surface area contributed by atoms with Crippen molar-refractivity contribution in [2.45, 2.75) is 58.4 Å². The van der Waals surface area contributed by atoms with Crippen molar-refractivity contribution in [1.82, 2.24) is 19.4 Å². The third-order valence-electron chi connectivity index (χ3n) is 8.08. The summed E-state index contributed by atoms with van der Waals surface area (Å²) < 4.78 is 1.07. The fourth-order valence-corrected chi connectivity index (χ4v) is 5.85. The molecule has 222 valence electrons. The summed E-state index contributed by atoms with van der Waals surface area (Å²) in [6, 6.07) is 20.0. The number of amides is 1. The average Bonchev–Trinajstić information content (AvgIpc) is 3.00. The zero-order valence-electron chi connectivity index (χ0n) is 24.8. The van der Waals surface area contributed by atoms with Crippen LogP contribution < -0.4 is 11.2 Å². The van der Waals surface area contributed by atoms with Crippen molar-refractivity contribution in [3.63, 3.8) is 0 Å². The maximum atomic E-state index is 13.8. The van der Waals surface area contributed by atoms with Gasteiger partial charge in [0.15, 0.2) is 0 Å². The van der Waals surface area contributed by atoms with Gasteiger partial charge < -0.3 is 10.0 Å². The normalized spacial score (nSPS) is 16.8. The largest absolute Gasteiger partial charge is 0.493 e. The molecule has 2 aromatic carbocycles. The number of hydrogen-bond donors (Lipinski definition) is 2. The van der Waals surface area contributed by atoms with Gasteiger partial charge in [0, 0.05) is 36.5 Å². The molecule has 1 amide bonds. The lowest BCUT2D eigenvalue weighted by Crippen LogP contribution is -2.44. The Labute approximate surface area is 250 Å². The smallest absolute Gasteiger partial charge is 0.335 e. The van der Waals surface area contributed by atoms with Crippen molar-refractivity contribution in [3.8, 4) is 11.6 Å². The minimum Gasteiger partial charge on any atom is -0.493 e. The van der Waals surface area contributed by atoms with E-state index in [1.807, 2.05) is 66.4 Å². The summed E-state index contributed by atoms with van der Waals surface area (Å²) in [7, 11) is 0. The Morgan fingerprint density at radius 2 is 1.72 bits per heavy atom. The molecule has 9 heteroatoms. The molecular weight excluding hydrogens is 542 g/mol. The van der Waals surface area contributed by atoms with Crippen LogP contribution in [0.25, 0.3) is 5.69 Å². The summed E-state index contributed by atoms with van der Waals surface area (Å²) in [5, 5.41) is 11.2.